The number of H-pyrrole nitrogens is 2. The predicted molar refractivity (Wildman–Crippen MR) is 179 cm³/mol. The third kappa shape index (κ3) is 9.58. The van der Waals surface area contributed by atoms with Crippen molar-refractivity contribution in [2.45, 2.75) is 83.6 Å². The van der Waals surface area contributed by atoms with Gasteiger partial charge in [-0.1, -0.05) is 57.2 Å². The number of aromatic nitrogens is 4. The van der Waals surface area contributed by atoms with Crippen molar-refractivity contribution in [3.05, 3.63) is 72.3 Å². The zero-order chi connectivity index (χ0) is 36.9. The van der Waals surface area contributed by atoms with E-state index in [1.165, 1.54) is 26.1 Å². The molecule has 3 heterocycles. The molecule has 4 aromatic rings. The number of aromatic amines is 2. The topological polar surface area (TPSA) is 134 Å². The zero-order valence-corrected chi connectivity index (χ0v) is 28.7. The second-order valence-corrected chi connectivity index (χ2v) is 13.0. The van der Waals surface area contributed by atoms with Gasteiger partial charge in [0.2, 0.25) is 11.8 Å². The van der Waals surface area contributed by atoms with Gasteiger partial charge in [-0.3, -0.25) is 9.59 Å². The van der Waals surface area contributed by atoms with Gasteiger partial charge in [0, 0.05) is 24.0 Å². The predicted octanol–water partition coefficient (Wildman–Crippen LogP) is 6.97. The van der Waals surface area contributed by atoms with Crippen LogP contribution in [0, 0.1) is 11.7 Å². The van der Waals surface area contributed by atoms with E-state index in [1.807, 2.05) is 26.0 Å². The molecule has 4 N–H and O–H groups in total. The van der Waals surface area contributed by atoms with E-state index in [1.54, 1.807) is 30.5 Å². The summed E-state index contributed by atoms with van der Waals surface area (Å²) >= 11 is 0. The van der Waals surface area contributed by atoms with Crippen molar-refractivity contribution in [3.63, 3.8) is 0 Å². The highest BCUT2D eigenvalue weighted by atomic mass is 19.3. The van der Waals surface area contributed by atoms with E-state index in [0.29, 0.717) is 39.7 Å². The summed E-state index contributed by atoms with van der Waals surface area (Å²) < 4.78 is 79.2. The lowest BCUT2D eigenvalue weighted by molar-refractivity contribution is -0.162. The molecule has 51 heavy (non-hydrogen) atoms. The molecular formula is C36H41F5N6O4. The molecule has 0 spiro atoms. The summed E-state index contributed by atoms with van der Waals surface area (Å²) in [6.45, 7) is 4.94. The van der Waals surface area contributed by atoms with Gasteiger partial charge >= 0.3 is 0 Å². The van der Waals surface area contributed by atoms with Crippen molar-refractivity contribution in [1.29, 1.82) is 0 Å². The van der Waals surface area contributed by atoms with Crippen LogP contribution in [0.4, 0.5) is 22.0 Å². The lowest BCUT2D eigenvalue weighted by Gasteiger charge is -2.27. The van der Waals surface area contributed by atoms with Crippen LogP contribution in [0.5, 0.6) is 0 Å². The van der Waals surface area contributed by atoms with Gasteiger partial charge in [0.05, 0.1) is 36.4 Å². The third-order valence-electron chi connectivity index (χ3n) is 8.69. The molecule has 1 fully saturated rings. The van der Waals surface area contributed by atoms with Crippen molar-refractivity contribution >= 4 is 11.8 Å². The average molecular weight is 717 g/mol. The van der Waals surface area contributed by atoms with E-state index >= 15 is 4.39 Å². The van der Waals surface area contributed by atoms with Gasteiger partial charge in [-0.25, -0.2) is 31.9 Å². The Morgan fingerprint density at radius 2 is 1.69 bits per heavy atom. The van der Waals surface area contributed by atoms with Crippen LogP contribution in [0.25, 0.3) is 33.6 Å². The number of hydrogen-bond acceptors (Lipinski definition) is 6. The minimum absolute atomic E-state index is 0.0175. The van der Waals surface area contributed by atoms with E-state index in [9.17, 15) is 27.2 Å². The van der Waals surface area contributed by atoms with Crippen LogP contribution in [0.1, 0.15) is 64.6 Å². The largest absolute Gasteiger partial charge is 0.362 e. The van der Waals surface area contributed by atoms with Crippen LogP contribution in [-0.2, 0) is 25.6 Å². The molecule has 3 unspecified atom stereocenters. The molecule has 2 aromatic carbocycles. The summed E-state index contributed by atoms with van der Waals surface area (Å²) in [7, 11) is 0. The summed E-state index contributed by atoms with van der Waals surface area (Å²) in [4.78, 5) is 40.0. The molecule has 0 saturated carbocycles. The Balaban J connectivity index is 1.19. The lowest BCUT2D eigenvalue weighted by Crippen LogP contribution is -2.43. The maximum absolute atomic E-state index is 15.4. The number of benzene rings is 2. The molecule has 2 aromatic heterocycles. The van der Waals surface area contributed by atoms with Gasteiger partial charge < -0.3 is 30.1 Å². The first-order chi connectivity index (χ1) is 24.1. The second-order valence-electron chi connectivity index (χ2n) is 13.0. The van der Waals surface area contributed by atoms with Gasteiger partial charge in [0.15, 0.2) is 0 Å². The van der Waals surface area contributed by atoms with Crippen molar-refractivity contribution in [3.8, 4) is 33.6 Å². The number of halogens is 5. The molecule has 10 nitrogen and oxygen atoms in total. The number of carbonyl (C=O) groups excluding carboxylic acids is 2. The first kappa shape index (κ1) is 37.6. The number of carbonyl (C=O) groups is 2. The van der Waals surface area contributed by atoms with E-state index in [0.717, 1.165) is 5.56 Å². The molecule has 1 aliphatic heterocycles. The number of alkyl halides is 4. The molecule has 1 saturated heterocycles. The number of nitrogens with one attached hydrogen (secondary N) is 4. The highest BCUT2D eigenvalue weighted by Gasteiger charge is 2.38. The number of amides is 2. The fourth-order valence-corrected chi connectivity index (χ4v) is 5.44. The van der Waals surface area contributed by atoms with Gasteiger partial charge in [0.1, 0.15) is 42.9 Å². The molecule has 0 bridgehead atoms. The van der Waals surface area contributed by atoms with Crippen molar-refractivity contribution in [1.82, 2.24) is 30.6 Å². The fourth-order valence-electron chi connectivity index (χ4n) is 5.44. The van der Waals surface area contributed by atoms with Gasteiger partial charge in [-0.15, -0.1) is 0 Å². The second kappa shape index (κ2) is 15.7. The Morgan fingerprint density at radius 3 is 2.33 bits per heavy atom. The highest BCUT2D eigenvalue weighted by molar-refractivity contribution is 5.81. The van der Waals surface area contributed by atoms with Gasteiger partial charge in [-0.05, 0) is 36.5 Å². The van der Waals surface area contributed by atoms with Crippen LogP contribution < -0.4 is 10.6 Å². The van der Waals surface area contributed by atoms with Crippen LogP contribution in [-0.4, -0.2) is 69.0 Å². The Labute approximate surface area is 292 Å². The first-order valence-corrected chi connectivity index (χ1v) is 16.7. The third-order valence-corrected chi connectivity index (χ3v) is 8.69. The van der Waals surface area contributed by atoms with Crippen molar-refractivity contribution < 1.29 is 41.0 Å². The Bertz CT molecular complexity index is 1800. The SMILES string of the molecule is CCC(F)(F)COC(C)C(=O)NC(c1ncc(-c2ccc(-c3ccc(-c4cnc(CNC(=O)C5CCC(F)(F)CO5)[nH]4)cc3F)cc2)[nH]1)C(C)C. The molecule has 3 atom stereocenters. The maximum atomic E-state index is 15.4. The quantitative estimate of drug-likeness (QED) is 0.104. The molecule has 0 aliphatic carbocycles. The molecular weight excluding hydrogens is 675 g/mol. The van der Waals surface area contributed by atoms with Crippen LogP contribution in [0.15, 0.2) is 54.9 Å². The zero-order valence-electron chi connectivity index (χ0n) is 28.7. The fraction of sp³-hybridized carbons (Fsp3) is 0.444. The summed E-state index contributed by atoms with van der Waals surface area (Å²) in [5.41, 5.74) is 3.50. The minimum atomic E-state index is -3.01. The number of imidazole rings is 2. The van der Waals surface area contributed by atoms with Crippen LogP contribution >= 0.6 is 0 Å². The van der Waals surface area contributed by atoms with Gasteiger partial charge in [-0.2, -0.15) is 0 Å². The number of hydrogen-bond donors (Lipinski definition) is 4. The van der Waals surface area contributed by atoms with Crippen molar-refractivity contribution in [2.75, 3.05) is 13.2 Å². The first-order valence-electron chi connectivity index (χ1n) is 16.7. The summed E-state index contributed by atoms with van der Waals surface area (Å²) in [6.07, 6.45) is 0.227. The average Bonchev–Trinajstić information content (AvgIpc) is 3.79. The molecule has 5 rings (SSSR count). The number of nitrogens with zero attached hydrogens (tertiary/aromatic N) is 2. The molecule has 1 aliphatic rings. The molecule has 274 valence electrons. The van der Waals surface area contributed by atoms with E-state index in [2.05, 4.69) is 30.6 Å². The standard InChI is InChI=1S/C36H41F5N6O4/c1-5-35(38,39)18-50-21(4)33(48)47-31(20(2)3)32-43-16-27(46-32)23-8-6-22(7-9-23)25-11-10-24(14-26(25)37)28-15-42-30(45-28)17-44-34(49)29-12-13-36(40,41)19-51-29/h6-11,14-16,20-21,29,31H,5,12-13,17-19H2,1-4H3,(H,42,45)(H,43,46)(H,44,49)(H,47,48). The van der Waals surface area contributed by atoms with Crippen LogP contribution in [0.3, 0.4) is 0 Å². The highest BCUT2D eigenvalue weighted by Crippen LogP contribution is 2.31. The van der Waals surface area contributed by atoms with Crippen LogP contribution in [0.2, 0.25) is 0 Å². The smallest absolute Gasteiger partial charge is 0.271 e. The number of rotatable bonds is 14. The number of ether oxygens (including phenoxy) is 2. The summed E-state index contributed by atoms with van der Waals surface area (Å²) in [6, 6.07) is 11.4. The minimum Gasteiger partial charge on any atom is -0.362 e. The van der Waals surface area contributed by atoms with E-state index < -0.39 is 67.4 Å². The summed E-state index contributed by atoms with van der Waals surface area (Å²) in [5.74, 6) is -6.63. The van der Waals surface area contributed by atoms with E-state index in [-0.39, 0.29) is 25.3 Å². The summed E-state index contributed by atoms with van der Waals surface area (Å²) in [5, 5.41) is 5.47. The maximum Gasteiger partial charge on any atom is 0.271 e. The Hall–Kier alpha value is -4.63. The molecule has 2 amide bonds. The monoisotopic (exact) mass is 716 g/mol. The Kier molecular flexibility index (Phi) is 11.6. The van der Waals surface area contributed by atoms with Crippen molar-refractivity contribution in [2.24, 2.45) is 5.92 Å². The molecule has 15 heteroatoms. The normalized spacial score (nSPS) is 17.3. The van der Waals surface area contributed by atoms with Gasteiger partial charge in [0.25, 0.3) is 11.8 Å². The molecule has 0 radical (unpaired) electrons. The lowest BCUT2D eigenvalue weighted by atomic mass is 10.0. The van der Waals surface area contributed by atoms with E-state index in [4.69, 9.17) is 9.47 Å². The Morgan fingerprint density at radius 1 is 1.02 bits per heavy atom.